The number of aromatic nitrogens is 5. The van der Waals surface area contributed by atoms with Crippen LogP contribution in [-0.4, -0.2) is 55.5 Å². The molecule has 1 fully saturated rings. The van der Waals surface area contributed by atoms with E-state index in [2.05, 4.69) is 43.1 Å². The number of alkyl halides is 3. The number of fused-ring (bicyclic) bond motifs is 2. The molecule has 4 aromatic rings. The highest BCUT2D eigenvalue weighted by Gasteiger charge is 2.37. The van der Waals surface area contributed by atoms with E-state index in [1.165, 1.54) is 22.5 Å². The lowest BCUT2D eigenvalue weighted by Gasteiger charge is -2.35. The number of piperazine rings is 1. The van der Waals surface area contributed by atoms with Crippen LogP contribution in [0.25, 0.3) is 16.6 Å². The van der Waals surface area contributed by atoms with E-state index in [0.717, 1.165) is 24.1 Å². The molecule has 0 aliphatic carbocycles. The van der Waals surface area contributed by atoms with Crippen molar-refractivity contribution in [1.29, 1.82) is 0 Å². The number of hydrogen-bond acceptors (Lipinski definition) is 5. The van der Waals surface area contributed by atoms with Gasteiger partial charge in [-0.3, -0.25) is 4.90 Å². The van der Waals surface area contributed by atoms with Crippen LogP contribution in [0.5, 0.6) is 0 Å². The summed E-state index contributed by atoms with van der Waals surface area (Å²) in [5, 5.41) is 12.2. The van der Waals surface area contributed by atoms with Gasteiger partial charge in [0.15, 0.2) is 5.65 Å². The molecule has 4 heterocycles. The molecule has 0 atom stereocenters. The first-order valence-electron chi connectivity index (χ1n) is 9.70. The van der Waals surface area contributed by atoms with Gasteiger partial charge in [0.2, 0.25) is 0 Å². The van der Waals surface area contributed by atoms with E-state index < -0.39 is 12.0 Å². The highest BCUT2D eigenvalue weighted by molar-refractivity contribution is 5.83. The van der Waals surface area contributed by atoms with Crippen molar-refractivity contribution in [1.82, 2.24) is 29.3 Å². The van der Waals surface area contributed by atoms with Crippen LogP contribution in [-0.2, 0) is 19.8 Å². The van der Waals surface area contributed by atoms with Gasteiger partial charge in [0.1, 0.15) is 5.82 Å². The molecule has 1 aromatic carbocycles. The van der Waals surface area contributed by atoms with Crippen molar-refractivity contribution in [3.8, 4) is 0 Å². The summed E-state index contributed by atoms with van der Waals surface area (Å²) in [6.07, 6.45) is -2.43. The van der Waals surface area contributed by atoms with E-state index in [-0.39, 0.29) is 5.65 Å². The Hall–Kier alpha value is -3.14. The SMILES string of the molecule is Cn1cc(CN2CCN(c3ccc4nnc(C(F)(F)F)n4n3)CC2)c2ccccc21. The normalized spacial score (nSPS) is 16.1. The lowest BCUT2D eigenvalue weighted by atomic mass is 10.1. The summed E-state index contributed by atoms with van der Waals surface area (Å²) in [6.45, 7) is 3.82. The largest absolute Gasteiger partial charge is 0.453 e. The third-order valence-electron chi connectivity index (χ3n) is 5.57. The standard InChI is InChI=1S/C20H20F3N7/c1-27-12-14(15-4-2-3-5-16(15)27)13-28-8-10-29(11-9-28)18-7-6-17-24-25-19(20(21,22)23)30(17)26-18/h2-7,12H,8-11,13H2,1H3. The van der Waals surface area contributed by atoms with Gasteiger partial charge in [-0.15, -0.1) is 15.3 Å². The second-order valence-electron chi connectivity index (χ2n) is 7.53. The average molecular weight is 415 g/mol. The Balaban J connectivity index is 1.31. The zero-order chi connectivity index (χ0) is 20.9. The Morgan fingerprint density at radius 1 is 0.967 bits per heavy atom. The Bertz CT molecular complexity index is 1200. The molecule has 0 saturated carbocycles. The fourth-order valence-corrected chi connectivity index (χ4v) is 4.05. The molecule has 0 unspecified atom stereocenters. The molecule has 156 valence electrons. The van der Waals surface area contributed by atoms with E-state index in [1.54, 1.807) is 6.07 Å². The molecule has 1 aliphatic rings. The zero-order valence-electron chi connectivity index (χ0n) is 16.3. The van der Waals surface area contributed by atoms with Gasteiger partial charge in [-0.25, -0.2) is 0 Å². The minimum Gasteiger partial charge on any atom is -0.353 e. The van der Waals surface area contributed by atoms with E-state index in [0.29, 0.717) is 18.9 Å². The average Bonchev–Trinajstić information content (AvgIpc) is 3.30. The van der Waals surface area contributed by atoms with Gasteiger partial charge in [-0.05, 0) is 23.8 Å². The second kappa shape index (κ2) is 6.98. The van der Waals surface area contributed by atoms with Crippen LogP contribution in [0, 0.1) is 0 Å². The van der Waals surface area contributed by atoms with Crippen molar-refractivity contribution in [2.45, 2.75) is 12.7 Å². The fourth-order valence-electron chi connectivity index (χ4n) is 4.05. The predicted octanol–water partition coefficient (Wildman–Crippen LogP) is 2.96. The van der Waals surface area contributed by atoms with E-state index in [9.17, 15) is 13.2 Å². The van der Waals surface area contributed by atoms with E-state index in [4.69, 9.17) is 0 Å². The van der Waals surface area contributed by atoms with Crippen molar-refractivity contribution in [2.75, 3.05) is 31.1 Å². The summed E-state index contributed by atoms with van der Waals surface area (Å²) in [7, 11) is 2.05. The number of anilines is 1. The van der Waals surface area contributed by atoms with Crippen LogP contribution in [0.1, 0.15) is 11.4 Å². The number of benzene rings is 1. The van der Waals surface area contributed by atoms with Crippen LogP contribution >= 0.6 is 0 Å². The predicted molar refractivity (Wildman–Crippen MR) is 106 cm³/mol. The quantitative estimate of drug-likeness (QED) is 0.515. The second-order valence-corrected chi connectivity index (χ2v) is 7.53. The highest BCUT2D eigenvalue weighted by atomic mass is 19.4. The third-order valence-corrected chi connectivity index (χ3v) is 5.57. The molecular weight excluding hydrogens is 395 g/mol. The van der Waals surface area contributed by atoms with Gasteiger partial charge in [0, 0.05) is 56.9 Å². The molecule has 5 rings (SSSR count). The molecule has 0 radical (unpaired) electrons. The topological polar surface area (TPSA) is 54.5 Å². The molecular formula is C20H20F3N7. The van der Waals surface area contributed by atoms with Gasteiger partial charge < -0.3 is 9.47 Å². The molecule has 0 amide bonds. The van der Waals surface area contributed by atoms with E-state index >= 15 is 0 Å². The zero-order valence-corrected chi connectivity index (χ0v) is 16.3. The molecule has 10 heteroatoms. The van der Waals surface area contributed by atoms with Gasteiger partial charge in [-0.2, -0.15) is 17.7 Å². The third kappa shape index (κ3) is 3.26. The Labute approximate surface area is 170 Å². The minimum absolute atomic E-state index is 0.0840. The lowest BCUT2D eigenvalue weighted by Crippen LogP contribution is -2.46. The molecule has 0 spiro atoms. The van der Waals surface area contributed by atoms with Gasteiger partial charge in [-0.1, -0.05) is 18.2 Å². The molecule has 1 saturated heterocycles. The summed E-state index contributed by atoms with van der Waals surface area (Å²) in [5.41, 5.74) is 2.57. The van der Waals surface area contributed by atoms with Gasteiger partial charge >= 0.3 is 6.18 Å². The van der Waals surface area contributed by atoms with Crippen LogP contribution in [0.4, 0.5) is 19.0 Å². The number of rotatable bonds is 3. The van der Waals surface area contributed by atoms with Crippen molar-refractivity contribution >= 4 is 22.4 Å². The Morgan fingerprint density at radius 3 is 2.50 bits per heavy atom. The fraction of sp³-hybridized carbons (Fsp3) is 0.350. The molecule has 0 N–H and O–H groups in total. The first-order chi connectivity index (χ1) is 14.4. The van der Waals surface area contributed by atoms with Crippen LogP contribution in [0.2, 0.25) is 0 Å². The first kappa shape index (κ1) is 18.9. The molecule has 7 nitrogen and oxygen atoms in total. The Kier molecular flexibility index (Phi) is 4.39. The summed E-state index contributed by atoms with van der Waals surface area (Å²) in [6, 6.07) is 11.5. The van der Waals surface area contributed by atoms with Crippen LogP contribution < -0.4 is 4.90 Å². The smallest absolute Gasteiger partial charge is 0.353 e. The van der Waals surface area contributed by atoms with Crippen LogP contribution in [0.3, 0.4) is 0 Å². The van der Waals surface area contributed by atoms with Crippen LogP contribution in [0.15, 0.2) is 42.6 Å². The summed E-state index contributed by atoms with van der Waals surface area (Å²) in [4.78, 5) is 4.36. The first-order valence-corrected chi connectivity index (χ1v) is 9.70. The molecule has 1 aliphatic heterocycles. The molecule has 0 bridgehead atoms. The lowest BCUT2D eigenvalue weighted by molar-refractivity contribution is -0.146. The van der Waals surface area contributed by atoms with E-state index in [1.807, 2.05) is 24.1 Å². The maximum Gasteiger partial charge on any atom is 0.453 e. The maximum atomic E-state index is 13.1. The van der Waals surface area contributed by atoms with Crippen molar-refractivity contribution in [2.24, 2.45) is 7.05 Å². The number of para-hydroxylation sites is 1. The highest BCUT2D eigenvalue weighted by Crippen LogP contribution is 2.28. The summed E-state index contributed by atoms with van der Waals surface area (Å²) >= 11 is 0. The van der Waals surface area contributed by atoms with Gasteiger partial charge in [0.05, 0.1) is 0 Å². The number of halogens is 3. The Morgan fingerprint density at radius 2 is 1.73 bits per heavy atom. The summed E-state index contributed by atoms with van der Waals surface area (Å²) < 4.78 is 42.2. The van der Waals surface area contributed by atoms with Gasteiger partial charge in [0.25, 0.3) is 5.82 Å². The van der Waals surface area contributed by atoms with Crippen molar-refractivity contribution < 1.29 is 13.2 Å². The molecule has 3 aromatic heterocycles. The maximum absolute atomic E-state index is 13.1. The monoisotopic (exact) mass is 415 g/mol. The number of nitrogens with zero attached hydrogens (tertiary/aromatic N) is 7. The molecule has 30 heavy (non-hydrogen) atoms. The number of aryl methyl sites for hydroxylation is 1. The van der Waals surface area contributed by atoms with Crippen molar-refractivity contribution in [3.63, 3.8) is 0 Å². The minimum atomic E-state index is -4.60. The number of hydrogen-bond donors (Lipinski definition) is 0. The van der Waals surface area contributed by atoms with Crippen molar-refractivity contribution in [3.05, 3.63) is 54.0 Å². The summed E-state index contributed by atoms with van der Waals surface area (Å²) in [5.74, 6) is -0.605.